The predicted octanol–water partition coefficient (Wildman–Crippen LogP) is 1.05. The van der Waals surface area contributed by atoms with Gasteiger partial charge in [0.05, 0.1) is 17.5 Å². The number of thioether (sulfide) groups is 1. The van der Waals surface area contributed by atoms with Crippen molar-refractivity contribution < 1.29 is 14.7 Å². The van der Waals surface area contributed by atoms with Crippen LogP contribution < -0.4 is 10.6 Å². The number of carbonyl (C=O) groups is 2. The number of rotatable bonds is 3. The molecule has 0 radical (unpaired) electrons. The van der Waals surface area contributed by atoms with Crippen molar-refractivity contribution in [1.29, 1.82) is 0 Å². The molecular weight excluding hydrogens is 264 g/mol. The fourth-order valence-electron chi connectivity index (χ4n) is 2.00. The quantitative estimate of drug-likeness (QED) is 0.867. The van der Waals surface area contributed by atoms with Crippen LogP contribution in [0.5, 0.6) is 0 Å². The number of nitrogens with zero attached hydrogens (tertiary/aromatic N) is 1. The van der Waals surface area contributed by atoms with Gasteiger partial charge in [-0.3, -0.25) is 14.5 Å². The van der Waals surface area contributed by atoms with Crippen LogP contribution in [0.2, 0.25) is 0 Å². The Bertz CT molecular complexity index is 531. The maximum absolute atomic E-state index is 12.0. The zero-order valence-electron chi connectivity index (χ0n) is 10.8. The normalized spacial score (nSPS) is 17.8. The molecule has 0 saturated carbocycles. The van der Waals surface area contributed by atoms with Crippen molar-refractivity contribution in [3.63, 3.8) is 0 Å². The van der Waals surface area contributed by atoms with E-state index < -0.39 is 18.1 Å². The van der Waals surface area contributed by atoms with Crippen molar-refractivity contribution in [2.24, 2.45) is 5.73 Å². The molecule has 0 aliphatic carbocycles. The van der Waals surface area contributed by atoms with Gasteiger partial charge in [0.25, 0.3) is 0 Å². The lowest BCUT2D eigenvalue weighted by atomic mass is 10.1. The van der Waals surface area contributed by atoms with Crippen molar-refractivity contribution >= 4 is 29.3 Å². The highest BCUT2D eigenvalue weighted by Gasteiger charge is 2.31. The Morgan fingerprint density at radius 3 is 2.74 bits per heavy atom. The third-order valence-electron chi connectivity index (χ3n) is 3.14. The maximum atomic E-state index is 12.0. The van der Waals surface area contributed by atoms with Gasteiger partial charge in [0, 0.05) is 4.90 Å². The zero-order valence-corrected chi connectivity index (χ0v) is 11.6. The molecule has 1 aromatic rings. The molecule has 3 N–H and O–H groups in total. The van der Waals surface area contributed by atoms with E-state index in [1.807, 2.05) is 6.07 Å². The molecule has 6 heteroatoms. The van der Waals surface area contributed by atoms with E-state index in [0.717, 1.165) is 10.5 Å². The molecule has 19 heavy (non-hydrogen) atoms. The number of primary amides is 1. The summed E-state index contributed by atoms with van der Waals surface area (Å²) in [5.41, 5.74) is 6.75. The van der Waals surface area contributed by atoms with Crippen molar-refractivity contribution in [3.05, 3.63) is 23.8 Å². The van der Waals surface area contributed by atoms with Crippen LogP contribution in [0.25, 0.3) is 0 Å². The number of hydrogen-bond donors (Lipinski definition) is 2. The number of carbonyl (C=O) groups excluding carboxylic acids is 2. The Morgan fingerprint density at radius 1 is 1.47 bits per heavy atom. The SMILES string of the molecule is CC(O)c1ccc2c(c1)SCC(=O)N2C(C)C(N)=O. The van der Waals surface area contributed by atoms with Gasteiger partial charge in [0.15, 0.2) is 0 Å². The first kappa shape index (κ1) is 13.9. The van der Waals surface area contributed by atoms with E-state index in [4.69, 9.17) is 5.73 Å². The molecule has 1 aromatic carbocycles. The fourth-order valence-corrected chi connectivity index (χ4v) is 2.95. The summed E-state index contributed by atoms with van der Waals surface area (Å²) in [5, 5.41) is 9.58. The minimum atomic E-state index is -0.676. The lowest BCUT2D eigenvalue weighted by Crippen LogP contribution is -2.48. The van der Waals surface area contributed by atoms with E-state index >= 15 is 0 Å². The molecule has 0 fully saturated rings. The standard InChI is InChI=1S/C13H16N2O3S/c1-7(13(14)18)15-10-4-3-9(8(2)16)5-11(10)19-6-12(15)17/h3-5,7-8,16H,6H2,1-2H3,(H2,14,18). The summed E-state index contributed by atoms with van der Waals surface area (Å²) in [7, 11) is 0. The van der Waals surface area contributed by atoms with Crippen LogP contribution in [-0.2, 0) is 9.59 Å². The molecule has 1 aliphatic heterocycles. The van der Waals surface area contributed by atoms with Gasteiger partial charge in [0.1, 0.15) is 6.04 Å². The van der Waals surface area contributed by atoms with Gasteiger partial charge in [-0.2, -0.15) is 0 Å². The Kier molecular flexibility index (Phi) is 3.82. The summed E-state index contributed by atoms with van der Waals surface area (Å²) in [4.78, 5) is 25.6. The number of anilines is 1. The van der Waals surface area contributed by atoms with Crippen molar-refractivity contribution in [2.45, 2.75) is 30.9 Å². The highest BCUT2D eigenvalue weighted by atomic mass is 32.2. The van der Waals surface area contributed by atoms with Gasteiger partial charge in [-0.15, -0.1) is 11.8 Å². The summed E-state index contributed by atoms with van der Waals surface area (Å²) in [5.74, 6) is -0.396. The molecule has 2 unspecified atom stereocenters. The molecular formula is C13H16N2O3S. The smallest absolute Gasteiger partial charge is 0.240 e. The third kappa shape index (κ3) is 2.59. The predicted molar refractivity (Wildman–Crippen MR) is 73.9 cm³/mol. The highest BCUT2D eigenvalue weighted by molar-refractivity contribution is 8.00. The number of aliphatic hydroxyl groups is 1. The fraction of sp³-hybridized carbons (Fsp3) is 0.385. The largest absolute Gasteiger partial charge is 0.389 e. The van der Waals surface area contributed by atoms with E-state index in [1.165, 1.54) is 16.7 Å². The Morgan fingerprint density at radius 2 is 2.16 bits per heavy atom. The monoisotopic (exact) mass is 280 g/mol. The topological polar surface area (TPSA) is 83.6 Å². The van der Waals surface area contributed by atoms with Gasteiger partial charge in [-0.05, 0) is 31.5 Å². The van der Waals surface area contributed by atoms with E-state index in [2.05, 4.69) is 0 Å². The van der Waals surface area contributed by atoms with Crippen molar-refractivity contribution in [2.75, 3.05) is 10.7 Å². The molecule has 5 nitrogen and oxygen atoms in total. The van der Waals surface area contributed by atoms with Crippen LogP contribution in [0, 0.1) is 0 Å². The summed E-state index contributed by atoms with van der Waals surface area (Å²) in [6.07, 6.45) is -0.564. The second-order valence-corrected chi connectivity index (χ2v) is 5.55. The number of nitrogens with two attached hydrogens (primary N) is 1. The van der Waals surface area contributed by atoms with Gasteiger partial charge in [0.2, 0.25) is 11.8 Å². The third-order valence-corrected chi connectivity index (χ3v) is 4.17. The number of aliphatic hydroxyl groups excluding tert-OH is 1. The Balaban J connectivity index is 2.45. The number of amides is 2. The zero-order chi connectivity index (χ0) is 14.2. The Hall–Kier alpha value is -1.53. The molecule has 102 valence electrons. The first-order chi connectivity index (χ1) is 8.91. The van der Waals surface area contributed by atoms with Crippen LogP contribution in [0.15, 0.2) is 23.1 Å². The first-order valence-electron chi connectivity index (χ1n) is 5.98. The van der Waals surface area contributed by atoms with Gasteiger partial charge in [-0.1, -0.05) is 6.07 Å². The summed E-state index contributed by atoms with van der Waals surface area (Å²) in [6.45, 7) is 3.30. The van der Waals surface area contributed by atoms with Crippen molar-refractivity contribution in [3.8, 4) is 0 Å². The van der Waals surface area contributed by atoms with Gasteiger partial charge in [-0.25, -0.2) is 0 Å². The van der Waals surface area contributed by atoms with E-state index in [-0.39, 0.29) is 11.7 Å². The molecule has 0 aromatic heterocycles. The van der Waals surface area contributed by atoms with Crippen LogP contribution in [-0.4, -0.2) is 28.7 Å². The highest BCUT2D eigenvalue weighted by Crippen LogP contribution is 2.37. The van der Waals surface area contributed by atoms with Gasteiger partial charge >= 0.3 is 0 Å². The summed E-state index contributed by atoms with van der Waals surface area (Å²) < 4.78 is 0. The van der Waals surface area contributed by atoms with Gasteiger partial charge < -0.3 is 10.8 Å². The van der Waals surface area contributed by atoms with E-state index in [9.17, 15) is 14.7 Å². The van der Waals surface area contributed by atoms with Crippen LogP contribution in [0.1, 0.15) is 25.5 Å². The number of benzene rings is 1. The molecule has 0 bridgehead atoms. The lowest BCUT2D eigenvalue weighted by molar-refractivity contribution is -0.123. The first-order valence-corrected chi connectivity index (χ1v) is 6.96. The summed E-state index contributed by atoms with van der Waals surface area (Å²) in [6, 6.07) is 4.67. The second-order valence-electron chi connectivity index (χ2n) is 4.53. The molecule has 2 amide bonds. The second kappa shape index (κ2) is 5.22. The molecule has 0 spiro atoms. The molecule has 1 aliphatic rings. The minimum absolute atomic E-state index is 0.131. The van der Waals surface area contributed by atoms with E-state index in [1.54, 1.807) is 26.0 Å². The van der Waals surface area contributed by atoms with Crippen molar-refractivity contribution in [1.82, 2.24) is 0 Å². The van der Waals surface area contributed by atoms with E-state index in [0.29, 0.717) is 5.69 Å². The van der Waals surface area contributed by atoms with Crippen LogP contribution in [0.3, 0.4) is 0 Å². The maximum Gasteiger partial charge on any atom is 0.240 e. The van der Waals surface area contributed by atoms with Crippen LogP contribution in [0.4, 0.5) is 5.69 Å². The number of fused-ring (bicyclic) bond motifs is 1. The van der Waals surface area contributed by atoms with Crippen LogP contribution >= 0.6 is 11.8 Å². The molecule has 0 saturated heterocycles. The molecule has 2 rings (SSSR count). The molecule has 1 heterocycles. The lowest BCUT2D eigenvalue weighted by Gasteiger charge is -2.32. The minimum Gasteiger partial charge on any atom is -0.389 e. The average Bonchev–Trinajstić information content (AvgIpc) is 2.37. The Labute approximate surface area is 115 Å². The number of hydrogen-bond acceptors (Lipinski definition) is 4. The molecule has 2 atom stereocenters. The summed E-state index contributed by atoms with van der Waals surface area (Å²) >= 11 is 1.41. The average molecular weight is 280 g/mol.